The van der Waals surface area contributed by atoms with Crippen molar-refractivity contribution in [2.75, 3.05) is 31.2 Å². The molecule has 0 radical (unpaired) electrons. The smallest absolute Gasteiger partial charge is 0.332 e. The summed E-state index contributed by atoms with van der Waals surface area (Å²) < 4.78 is 12.4. The molecule has 1 aliphatic rings. The quantitative estimate of drug-likeness (QED) is 0.351. The average molecular weight is 539 g/mol. The molecule has 0 aliphatic carbocycles. The van der Waals surface area contributed by atoms with Crippen molar-refractivity contribution in [3.05, 3.63) is 61.5 Å². The molecular weight excluding hydrogens is 516 g/mol. The molecule has 1 saturated heterocycles. The highest BCUT2D eigenvalue weighted by Gasteiger charge is 2.24. The van der Waals surface area contributed by atoms with Gasteiger partial charge < -0.3 is 9.64 Å². The lowest BCUT2D eigenvalue weighted by Gasteiger charge is -2.27. The van der Waals surface area contributed by atoms with E-state index in [1.165, 1.54) is 9.13 Å². The third kappa shape index (κ3) is 4.28. The number of morpholine rings is 1. The number of benzene rings is 1. The van der Waals surface area contributed by atoms with Crippen LogP contribution in [0.3, 0.4) is 0 Å². The molecule has 5 rings (SSSR count). The fraction of sp³-hybridized carbons (Fsp3) is 0.348. The van der Waals surface area contributed by atoms with Crippen LogP contribution in [0.25, 0.3) is 16.9 Å². The zero-order valence-corrected chi connectivity index (χ0v) is 20.9. The first-order valence-corrected chi connectivity index (χ1v) is 11.9. The van der Waals surface area contributed by atoms with E-state index in [-0.39, 0.29) is 13.1 Å². The maximum Gasteiger partial charge on any atom is 0.332 e. The zero-order valence-electron chi connectivity index (χ0n) is 19.3. The lowest BCUT2D eigenvalue weighted by atomic mass is 10.3. The number of nitrogens with zero attached hydrogens (tertiary/aromatic N) is 8. The van der Waals surface area contributed by atoms with Crippen LogP contribution in [0.15, 0.2) is 44.5 Å². The standard InChI is InChI=1S/C23H23BrN8O3/c1-3-4-9-30-19-20(25-22(30)29-10-12-35-13-11-29)28(2)23(34)31(21(19)33)14-17-15-32(27-26-17)18-7-5-16(24)6-8-18/h5-8,15H,9-14H2,1-2H3. The van der Waals surface area contributed by atoms with Gasteiger partial charge in [-0.25, -0.2) is 9.48 Å². The first kappa shape index (κ1) is 23.1. The molecule has 0 N–H and O–H groups in total. The summed E-state index contributed by atoms with van der Waals surface area (Å²) in [5.74, 6) is 6.52. The van der Waals surface area contributed by atoms with Gasteiger partial charge in [0.1, 0.15) is 5.69 Å². The zero-order chi connectivity index (χ0) is 24.5. The van der Waals surface area contributed by atoms with Crippen molar-refractivity contribution in [3.63, 3.8) is 0 Å². The van der Waals surface area contributed by atoms with Crippen LogP contribution in [0.1, 0.15) is 12.6 Å². The number of hydrogen-bond donors (Lipinski definition) is 0. The molecule has 4 aromatic rings. The fourth-order valence-corrected chi connectivity index (χ4v) is 4.33. The van der Waals surface area contributed by atoms with Gasteiger partial charge in [-0.2, -0.15) is 4.98 Å². The van der Waals surface area contributed by atoms with Crippen molar-refractivity contribution in [3.8, 4) is 17.5 Å². The van der Waals surface area contributed by atoms with E-state index in [4.69, 9.17) is 4.74 Å². The van der Waals surface area contributed by atoms with Crippen LogP contribution in [-0.4, -0.2) is 60.0 Å². The maximum absolute atomic E-state index is 13.6. The lowest BCUT2D eigenvalue weighted by Crippen LogP contribution is -2.40. The molecule has 180 valence electrons. The van der Waals surface area contributed by atoms with E-state index in [1.807, 2.05) is 24.3 Å². The van der Waals surface area contributed by atoms with Gasteiger partial charge in [-0.05, 0) is 31.2 Å². The van der Waals surface area contributed by atoms with Gasteiger partial charge >= 0.3 is 5.69 Å². The number of halogens is 1. The number of imidazole rings is 1. The molecule has 0 unspecified atom stereocenters. The summed E-state index contributed by atoms with van der Waals surface area (Å²) in [5.41, 5.74) is 1.05. The Morgan fingerprint density at radius 1 is 1.11 bits per heavy atom. The molecule has 0 bridgehead atoms. The molecule has 3 aromatic heterocycles. The highest BCUT2D eigenvalue weighted by atomic mass is 79.9. The Morgan fingerprint density at radius 2 is 1.86 bits per heavy atom. The van der Waals surface area contributed by atoms with Gasteiger partial charge in [-0.1, -0.05) is 27.1 Å². The van der Waals surface area contributed by atoms with Crippen molar-refractivity contribution in [2.45, 2.75) is 20.0 Å². The van der Waals surface area contributed by atoms with E-state index in [1.54, 1.807) is 29.4 Å². The highest BCUT2D eigenvalue weighted by Crippen LogP contribution is 2.20. The normalized spacial score (nSPS) is 13.7. The van der Waals surface area contributed by atoms with Crippen LogP contribution in [0, 0.1) is 11.8 Å². The molecule has 1 aliphatic heterocycles. The number of aromatic nitrogens is 7. The molecule has 0 atom stereocenters. The average Bonchev–Trinajstić information content (AvgIpc) is 3.50. The highest BCUT2D eigenvalue weighted by molar-refractivity contribution is 9.10. The SMILES string of the molecule is CC#CCn1c(N2CCOCC2)nc2c1c(=O)n(Cc1cn(-c3ccc(Br)cc3)nn1)c(=O)n2C. The molecule has 11 nitrogen and oxygen atoms in total. The first-order valence-electron chi connectivity index (χ1n) is 11.1. The summed E-state index contributed by atoms with van der Waals surface area (Å²) in [5, 5.41) is 8.33. The van der Waals surface area contributed by atoms with Crippen LogP contribution < -0.4 is 16.1 Å². The van der Waals surface area contributed by atoms with Gasteiger partial charge in [0.05, 0.1) is 38.2 Å². The van der Waals surface area contributed by atoms with E-state index in [2.05, 4.69) is 48.0 Å². The van der Waals surface area contributed by atoms with Crippen LogP contribution in [0.2, 0.25) is 0 Å². The fourth-order valence-electron chi connectivity index (χ4n) is 4.07. The number of anilines is 1. The molecule has 12 heteroatoms. The molecule has 0 amide bonds. The first-order chi connectivity index (χ1) is 17.0. The summed E-state index contributed by atoms with van der Waals surface area (Å²) in [6, 6.07) is 7.58. The van der Waals surface area contributed by atoms with Gasteiger partial charge in [-0.3, -0.25) is 18.5 Å². The van der Waals surface area contributed by atoms with Gasteiger partial charge in [0.25, 0.3) is 5.56 Å². The summed E-state index contributed by atoms with van der Waals surface area (Å²) in [4.78, 5) is 33.6. The Bertz CT molecular complexity index is 1560. The van der Waals surface area contributed by atoms with Crippen molar-refractivity contribution in [1.29, 1.82) is 0 Å². The number of rotatable bonds is 5. The predicted molar refractivity (Wildman–Crippen MR) is 134 cm³/mol. The van der Waals surface area contributed by atoms with Crippen LogP contribution in [-0.2, 0) is 24.9 Å². The Morgan fingerprint density at radius 3 is 2.57 bits per heavy atom. The van der Waals surface area contributed by atoms with Crippen molar-refractivity contribution in [1.82, 2.24) is 33.7 Å². The monoisotopic (exact) mass is 538 g/mol. The third-order valence-electron chi connectivity index (χ3n) is 5.87. The van der Waals surface area contributed by atoms with Crippen molar-refractivity contribution in [2.24, 2.45) is 7.05 Å². The predicted octanol–water partition coefficient (Wildman–Crippen LogP) is 1.15. The second kappa shape index (κ2) is 9.52. The summed E-state index contributed by atoms with van der Waals surface area (Å²) in [7, 11) is 1.62. The molecule has 1 aromatic carbocycles. The van der Waals surface area contributed by atoms with Crippen molar-refractivity contribution < 1.29 is 4.74 Å². The number of ether oxygens (including phenoxy) is 1. The van der Waals surface area contributed by atoms with E-state index in [0.717, 1.165) is 10.2 Å². The molecule has 0 spiro atoms. The minimum Gasteiger partial charge on any atom is -0.378 e. The Balaban J connectivity index is 1.60. The summed E-state index contributed by atoms with van der Waals surface area (Å²) >= 11 is 3.41. The molecule has 0 saturated carbocycles. The van der Waals surface area contributed by atoms with Crippen molar-refractivity contribution >= 4 is 33.0 Å². The van der Waals surface area contributed by atoms with Gasteiger partial charge in [0.2, 0.25) is 5.95 Å². The van der Waals surface area contributed by atoms with Gasteiger partial charge in [0, 0.05) is 24.6 Å². The van der Waals surface area contributed by atoms with Crippen LogP contribution in [0.4, 0.5) is 5.95 Å². The van der Waals surface area contributed by atoms with Crippen LogP contribution in [0.5, 0.6) is 0 Å². The molecule has 1 fully saturated rings. The second-order valence-electron chi connectivity index (χ2n) is 8.06. The number of aryl methyl sites for hydroxylation is 1. The van der Waals surface area contributed by atoms with Gasteiger partial charge in [0.15, 0.2) is 11.2 Å². The Hall–Kier alpha value is -3.69. The van der Waals surface area contributed by atoms with E-state index < -0.39 is 11.2 Å². The van der Waals surface area contributed by atoms with E-state index >= 15 is 0 Å². The van der Waals surface area contributed by atoms with E-state index in [9.17, 15) is 9.59 Å². The minimum atomic E-state index is -0.472. The minimum absolute atomic E-state index is 0.0184. The lowest BCUT2D eigenvalue weighted by molar-refractivity contribution is 0.121. The summed E-state index contributed by atoms with van der Waals surface area (Å²) in [6.07, 6.45) is 1.71. The third-order valence-corrected chi connectivity index (χ3v) is 6.40. The number of fused-ring (bicyclic) bond motifs is 1. The van der Waals surface area contributed by atoms with Gasteiger partial charge in [-0.15, -0.1) is 11.0 Å². The Kier molecular flexibility index (Phi) is 6.27. The molecular formula is C23H23BrN8O3. The largest absolute Gasteiger partial charge is 0.378 e. The topological polar surface area (TPSA) is 105 Å². The second-order valence-corrected chi connectivity index (χ2v) is 8.98. The van der Waals surface area contributed by atoms with Crippen LogP contribution >= 0.6 is 15.9 Å². The van der Waals surface area contributed by atoms with E-state index in [0.29, 0.717) is 49.1 Å². The maximum atomic E-state index is 13.6. The molecule has 4 heterocycles. The number of hydrogen-bond acceptors (Lipinski definition) is 7. The molecule has 35 heavy (non-hydrogen) atoms. The Labute approximate surface area is 208 Å². The summed E-state index contributed by atoms with van der Waals surface area (Å²) in [6.45, 7) is 4.44.